The second kappa shape index (κ2) is 6.73. The fourth-order valence-electron chi connectivity index (χ4n) is 3.28. The SMILES string of the molecule is O=C(c1ccc(Cn2cncn2)cc1)N1CCOCC1CC1CC1. The summed E-state index contributed by atoms with van der Waals surface area (Å²) in [5.74, 6) is 0.910. The Hall–Kier alpha value is -2.21. The number of nitrogens with zero attached hydrogens (tertiary/aromatic N) is 4. The predicted molar refractivity (Wildman–Crippen MR) is 88.6 cm³/mol. The molecule has 1 aliphatic carbocycles. The number of ether oxygens (including phenoxy) is 1. The lowest BCUT2D eigenvalue weighted by Gasteiger charge is -2.36. The lowest BCUT2D eigenvalue weighted by atomic mass is 10.1. The van der Waals surface area contributed by atoms with Crippen LogP contribution in [0.25, 0.3) is 0 Å². The number of hydrogen-bond donors (Lipinski definition) is 0. The van der Waals surface area contributed by atoms with Crippen molar-refractivity contribution in [2.75, 3.05) is 19.8 Å². The smallest absolute Gasteiger partial charge is 0.254 e. The highest BCUT2D eigenvalue weighted by atomic mass is 16.5. The Morgan fingerprint density at radius 1 is 1.25 bits per heavy atom. The van der Waals surface area contributed by atoms with E-state index in [9.17, 15) is 4.79 Å². The normalized spacial score (nSPS) is 21.0. The zero-order valence-corrected chi connectivity index (χ0v) is 13.7. The maximum Gasteiger partial charge on any atom is 0.254 e. The first-order valence-corrected chi connectivity index (χ1v) is 8.59. The lowest BCUT2D eigenvalue weighted by Crippen LogP contribution is -2.48. The molecule has 0 bridgehead atoms. The van der Waals surface area contributed by atoms with E-state index in [-0.39, 0.29) is 11.9 Å². The summed E-state index contributed by atoms with van der Waals surface area (Å²) in [5, 5.41) is 4.10. The summed E-state index contributed by atoms with van der Waals surface area (Å²) in [6, 6.07) is 8.04. The van der Waals surface area contributed by atoms with Gasteiger partial charge in [-0.1, -0.05) is 25.0 Å². The van der Waals surface area contributed by atoms with Crippen molar-refractivity contribution in [2.24, 2.45) is 5.92 Å². The van der Waals surface area contributed by atoms with Gasteiger partial charge in [-0.3, -0.25) is 4.79 Å². The van der Waals surface area contributed by atoms with Crippen LogP contribution < -0.4 is 0 Å². The van der Waals surface area contributed by atoms with Gasteiger partial charge in [-0.2, -0.15) is 5.10 Å². The van der Waals surface area contributed by atoms with Gasteiger partial charge in [0.25, 0.3) is 5.91 Å². The molecule has 2 aliphatic rings. The Morgan fingerprint density at radius 2 is 2.08 bits per heavy atom. The van der Waals surface area contributed by atoms with Crippen LogP contribution >= 0.6 is 0 Å². The number of carbonyl (C=O) groups excluding carboxylic acids is 1. The molecule has 1 aromatic carbocycles. The quantitative estimate of drug-likeness (QED) is 0.843. The molecule has 4 rings (SSSR count). The molecule has 1 saturated carbocycles. The molecule has 1 aromatic heterocycles. The molecule has 2 fully saturated rings. The lowest BCUT2D eigenvalue weighted by molar-refractivity contribution is -0.00569. The van der Waals surface area contributed by atoms with E-state index in [4.69, 9.17) is 4.74 Å². The average molecular weight is 326 g/mol. The summed E-state index contributed by atoms with van der Waals surface area (Å²) < 4.78 is 7.36. The number of aromatic nitrogens is 3. The van der Waals surface area contributed by atoms with Crippen LogP contribution in [0.3, 0.4) is 0 Å². The minimum absolute atomic E-state index is 0.122. The van der Waals surface area contributed by atoms with Gasteiger partial charge in [-0.15, -0.1) is 0 Å². The molecular formula is C18H22N4O2. The predicted octanol–water partition coefficient (Wildman–Crippen LogP) is 1.97. The van der Waals surface area contributed by atoms with E-state index in [1.807, 2.05) is 29.2 Å². The monoisotopic (exact) mass is 326 g/mol. The first kappa shape index (κ1) is 15.3. The molecule has 0 N–H and O–H groups in total. The molecule has 1 saturated heterocycles. The number of morpholine rings is 1. The highest BCUT2D eigenvalue weighted by molar-refractivity contribution is 5.94. The minimum atomic E-state index is 0.122. The maximum atomic E-state index is 12.9. The molecule has 24 heavy (non-hydrogen) atoms. The zero-order valence-electron chi connectivity index (χ0n) is 13.7. The van der Waals surface area contributed by atoms with E-state index in [0.29, 0.717) is 26.3 Å². The highest BCUT2D eigenvalue weighted by Crippen LogP contribution is 2.35. The van der Waals surface area contributed by atoms with Gasteiger partial charge in [0.2, 0.25) is 0 Å². The van der Waals surface area contributed by atoms with Crippen molar-refractivity contribution >= 4 is 5.91 Å². The third-order valence-electron chi connectivity index (χ3n) is 4.80. The second-order valence-corrected chi connectivity index (χ2v) is 6.70. The molecule has 126 valence electrons. The van der Waals surface area contributed by atoms with E-state index in [1.54, 1.807) is 11.0 Å². The fraction of sp³-hybridized carbons (Fsp3) is 0.500. The Labute approximate surface area is 141 Å². The summed E-state index contributed by atoms with van der Waals surface area (Å²) in [7, 11) is 0. The Kier molecular flexibility index (Phi) is 4.30. The van der Waals surface area contributed by atoms with Gasteiger partial charge >= 0.3 is 0 Å². The van der Waals surface area contributed by atoms with Gasteiger partial charge < -0.3 is 9.64 Å². The molecule has 2 heterocycles. The van der Waals surface area contributed by atoms with E-state index in [1.165, 1.54) is 19.2 Å². The van der Waals surface area contributed by atoms with Crippen LogP contribution in [0.4, 0.5) is 0 Å². The van der Waals surface area contributed by atoms with Crippen LogP contribution in [-0.4, -0.2) is 51.4 Å². The van der Waals surface area contributed by atoms with Crippen molar-refractivity contribution in [3.05, 3.63) is 48.0 Å². The van der Waals surface area contributed by atoms with Crippen LogP contribution in [0.1, 0.15) is 35.2 Å². The molecule has 1 unspecified atom stereocenters. The van der Waals surface area contributed by atoms with Crippen molar-refractivity contribution in [3.63, 3.8) is 0 Å². The Morgan fingerprint density at radius 3 is 2.79 bits per heavy atom. The number of benzene rings is 1. The van der Waals surface area contributed by atoms with Gasteiger partial charge in [-0.25, -0.2) is 9.67 Å². The average Bonchev–Trinajstić information content (AvgIpc) is 3.28. The van der Waals surface area contributed by atoms with Gasteiger partial charge in [0, 0.05) is 12.1 Å². The van der Waals surface area contributed by atoms with Crippen molar-refractivity contribution in [1.29, 1.82) is 0 Å². The topological polar surface area (TPSA) is 60.2 Å². The highest BCUT2D eigenvalue weighted by Gasteiger charge is 2.33. The van der Waals surface area contributed by atoms with Crippen molar-refractivity contribution in [1.82, 2.24) is 19.7 Å². The van der Waals surface area contributed by atoms with Crippen molar-refractivity contribution in [2.45, 2.75) is 31.8 Å². The summed E-state index contributed by atoms with van der Waals surface area (Å²) in [6.07, 6.45) is 6.90. The number of amides is 1. The molecule has 1 amide bonds. The fourth-order valence-corrected chi connectivity index (χ4v) is 3.28. The molecule has 1 aliphatic heterocycles. The zero-order chi connectivity index (χ0) is 16.4. The first-order chi connectivity index (χ1) is 11.8. The number of hydrogen-bond acceptors (Lipinski definition) is 4. The Bertz CT molecular complexity index is 680. The second-order valence-electron chi connectivity index (χ2n) is 6.70. The standard InChI is InChI=1S/C18H22N4O2/c23-18(22-7-8-24-11-17(22)9-14-1-2-14)16-5-3-15(4-6-16)10-21-13-19-12-20-21/h3-6,12-14,17H,1-2,7-11H2. The molecule has 6 nitrogen and oxygen atoms in total. The van der Waals surface area contributed by atoms with Crippen molar-refractivity contribution in [3.8, 4) is 0 Å². The summed E-state index contributed by atoms with van der Waals surface area (Å²) in [5.41, 5.74) is 1.86. The largest absolute Gasteiger partial charge is 0.377 e. The maximum absolute atomic E-state index is 12.9. The van der Waals surface area contributed by atoms with Gasteiger partial charge in [-0.05, 0) is 30.0 Å². The first-order valence-electron chi connectivity index (χ1n) is 8.59. The van der Waals surface area contributed by atoms with E-state index >= 15 is 0 Å². The molecular weight excluding hydrogens is 304 g/mol. The van der Waals surface area contributed by atoms with Gasteiger partial charge in [0.05, 0.1) is 25.8 Å². The van der Waals surface area contributed by atoms with Gasteiger partial charge in [0.15, 0.2) is 0 Å². The minimum Gasteiger partial charge on any atom is -0.377 e. The third kappa shape index (κ3) is 3.48. The van der Waals surface area contributed by atoms with E-state index in [2.05, 4.69) is 10.1 Å². The molecule has 1 atom stereocenters. The van der Waals surface area contributed by atoms with E-state index in [0.717, 1.165) is 23.5 Å². The molecule has 6 heteroatoms. The number of rotatable bonds is 5. The third-order valence-corrected chi connectivity index (χ3v) is 4.80. The summed E-state index contributed by atoms with van der Waals surface area (Å²) in [4.78, 5) is 18.8. The van der Waals surface area contributed by atoms with Crippen LogP contribution in [0.15, 0.2) is 36.9 Å². The van der Waals surface area contributed by atoms with Crippen LogP contribution in [0, 0.1) is 5.92 Å². The summed E-state index contributed by atoms with van der Waals surface area (Å²) >= 11 is 0. The van der Waals surface area contributed by atoms with E-state index < -0.39 is 0 Å². The van der Waals surface area contributed by atoms with Crippen molar-refractivity contribution < 1.29 is 9.53 Å². The Balaban J connectivity index is 1.44. The van der Waals surface area contributed by atoms with Crippen LogP contribution in [0.5, 0.6) is 0 Å². The van der Waals surface area contributed by atoms with Crippen LogP contribution in [0.2, 0.25) is 0 Å². The number of carbonyl (C=O) groups is 1. The summed E-state index contributed by atoms with van der Waals surface area (Å²) in [6.45, 7) is 2.66. The molecule has 0 radical (unpaired) electrons. The molecule has 0 spiro atoms. The molecule has 2 aromatic rings. The van der Waals surface area contributed by atoms with Gasteiger partial charge in [0.1, 0.15) is 12.7 Å². The van der Waals surface area contributed by atoms with Crippen LogP contribution in [-0.2, 0) is 11.3 Å².